The molecule has 5 heteroatoms. The third kappa shape index (κ3) is 17.5. The van der Waals surface area contributed by atoms with Crippen LogP contribution in [-0.4, -0.2) is 43.1 Å². The summed E-state index contributed by atoms with van der Waals surface area (Å²) in [7, 11) is 3.31. The molecule has 0 aliphatic carbocycles. The van der Waals surface area contributed by atoms with Crippen molar-refractivity contribution in [1.82, 2.24) is 0 Å². The third-order valence-corrected chi connectivity index (χ3v) is 3.40. The van der Waals surface area contributed by atoms with Crippen LogP contribution in [0.3, 0.4) is 0 Å². The van der Waals surface area contributed by atoms with Crippen molar-refractivity contribution in [1.29, 1.82) is 0 Å². The summed E-state index contributed by atoms with van der Waals surface area (Å²) in [5, 5.41) is 0. The molecule has 0 spiro atoms. The van der Waals surface area contributed by atoms with Gasteiger partial charge in [-0.2, -0.15) is 0 Å². The second-order valence-electron chi connectivity index (χ2n) is 4.86. The molecular formula is C15H32NO3Si. The van der Waals surface area contributed by atoms with E-state index < -0.39 is 9.53 Å². The molecule has 0 N–H and O–H groups in total. The van der Waals surface area contributed by atoms with Crippen molar-refractivity contribution < 1.29 is 13.3 Å². The van der Waals surface area contributed by atoms with Crippen molar-refractivity contribution in [2.45, 2.75) is 46.5 Å². The van der Waals surface area contributed by atoms with E-state index in [1.165, 1.54) is 18.6 Å². The first-order valence-electron chi connectivity index (χ1n) is 7.11. The van der Waals surface area contributed by atoms with Crippen molar-refractivity contribution in [3.63, 3.8) is 0 Å². The van der Waals surface area contributed by atoms with E-state index in [9.17, 15) is 0 Å². The summed E-state index contributed by atoms with van der Waals surface area (Å²) in [6.45, 7) is 11.3. The number of nitrogens with zero attached hydrogens (tertiary/aromatic N) is 1. The smallest absolute Gasteiger partial charge is 0.375 e. The van der Waals surface area contributed by atoms with Crippen molar-refractivity contribution in [3.8, 4) is 0 Å². The Bertz CT molecular complexity index is 236. The van der Waals surface area contributed by atoms with Crippen LogP contribution >= 0.6 is 0 Å². The zero-order valence-corrected chi connectivity index (χ0v) is 15.1. The molecule has 0 bridgehead atoms. The molecule has 0 atom stereocenters. The van der Waals surface area contributed by atoms with Gasteiger partial charge in [-0.1, -0.05) is 19.9 Å². The zero-order valence-electron chi connectivity index (χ0n) is 14.1. The van der Waals surface area contributed by atoms with Crippen LogP contribution in [0.1, 0.15) is 46.5 Å². The molecular weight excluding hydrogens is 270 g/mol. The number of rotatable bonds is 10. The van der Waals surface area contributed by atoms with Crippen LogP contribution < -0.4 is 0 Å². The van der Waals surface area contributed by atoms with Gasteiger partial charge in [-0.25, -0.2) is 0 Å². The van der Waals surface area contributed by atoms with E-state index in [4.69, 9.17) is 13.3 Å². The summed E-state index contributed by atoms with van der Waals surface area (Å²) in [5.74, 6) is 0.733. The van der Waals surface area contributed by atoms with Crippen LogP contribution in [0.4, 0.5) is 0 Å². The van der Waals surface area contributed by atoms with E-state index in [1.54, 1.807) is 21.3 Å². The van der Waals surface area contributed by atoms with Crippen LogP contribution in [0, 0.1) is 5.92 Å². The predicted molar refractivity (Wildman–Crippen MR) is 88.3 cm³/mol. The Morgan fingerprint density at radius 2 is 1.70 bits per heavy atom. The molecule has 0 aliphatic heterocycles. The van der Waals surface area contributed by atoms with Gasteiger partial charge in [0, 0.05) is 33.6 Å². The fourth-order valence-corrected chi connectivity index (χ4v) is 2.08. The van der Waals surface area contributed by atoms with E-state index in [0.29, 0.717) is 0 Å². The van der Waals surface area contributed by atoms with Gasteiger partial charge in [0.1, 0.15) is 0 Å². The molecule has 0 aliphatic rings. The lowest BCUT2D eigenvalue weighted by Gasteiger charge is -2.03. The van der Waals surface area contributed by atoms with Gasteiger partial charge in [0.15, 0.2) is 0 Å². The summed E-state index contributed by atoms with van der Waals surface area (Å²) >= 11 is 0. The van der Waals surface area contributed by atoms with E-state index >= 15 is 0 Å². The quantitative estimate of drug-likeness (QED) is 0.267. The van der Waals surface area contributed by atoms with Crippen molar-refractivity contribution in [2.24, 2.45) is 10.9 Å². The lowest BCUT2D eigenvalue weighted by Crippen LogP contribution is -2.21. The minimum atomic E-state index is -1.36. The third-order valence-electron chi connectivity index (χ3n) is 2.40. The summed E-state index contributed by atoms with van der Waals surface area (Å²) in [6, 6.07) is 0. The second-order valence-corrected chi connectivity index (χ2v) is 6.59. The second kappa shape index (κ2) is 16.6. The van der Waals surface area contributed by atoms with Crippen LogP contribution in [-0.2, 0) is 13.3 Å². The Morgan fingerprint density at radius 1 is 1.15 bits per heavy atom. The fraction of sp³-hybridized carbons (Fsp3) is 0.800. The van der Waals surface area contributed by atoms with Crippen molar-refractivity contribution in [2.75, 3.05) is 27.9 Å². The molecule has 0 fully saturated rings. The first-order chi connectivity index (χ1) is 9.51. The number of aliphatic imine (C=N–C) groups is 1. The number of unbranched alkanes of at least 4 members (excludes halogenated alkanes) is 2. The average Bonchev–Trinajstić information content (AvgIpc) is 2.40. The van der Waals surface area contributed by atoms with Gasteiger partial charge in [-0.3, -0.25) is 4.99 Å². The molecule has 1 radical (unpaired) electrons. The maximum atomic E-state index is 4.71. The molecule has 0 aromatic rings. The van der Waals surface area contributed by atoms with Crippen LogP contribution in [0.25, 0.3) is 0 Å². The molecule has 119 valence electrons. The molecule has 0 rings (SSSR count). The molecule has 0 unspecified atom stereocenters. The topological polar surface area (TPSA) is 40.0 Å². The minimum absolute atomic E-state index is 0.733. The van der Waals surface area contributed by atoms with Crippen molar-refractivity contribution >= 4 is 15.2 Å². The van der Waals surface area contributed by atoms with E-state index in [0.717, 1.165) is 25.3 Å². The standard InChI is InChI=1S/C12H23N.C3H9O3Si/c1-5-6-7-8-9-13-12(4)10-11(2)3;1-4-7(5-2)6-3/h5,11H,1,6-10H2,2-4H3;1-3H3. The highest BCUT2D eigenvalue weighted by Crippen LogP contribution is 2.02. The first-order valence-corrected chi connectivity index (χ1v) is 8.33. The van der Waals surface area contributed by atoms with E-state index in [-0.39, 0.29) is 0 Å². The highest BCUT2D eigenvalue weighted by atomic mass is 28.3. The molecule has 4 nitrogen and oxygen atoms in total. The lowest BCUT2D eigenvalue weighted by molar-refractivity contribution is 0.163. The minimum Gasteiger partial charge on any atom is -0.375 e. The lowest BCUT2D eigenvalue weighted by atomic mass is 10.1. The molecule has 0 saturated carbocycles. The zero-order chi connectivity index (χ0) is 15.8. The average molecular weight is 303 g/mol. The van der Waals surface area contributed by atoms with Crippen LogP contribution in [0.15, 0.2) is 17.6 Å². The maximum Gasteiger partial charge on any atom is 0.576 e. The van der Waals surface area contributed by atoms with Crippen LogP contribution in [0.5, 0.6) is 0 Å². The Morgan fingerprint density at radius 3 is 2.05 bits per heavy atom. The first kappa shape index (κ1) is 21.8. The molecule has 0 aromatic carbocycles. The summed E-state index contributed by atoms with van der Waals surface area (Å²) in [5.41, 5.74) is 1.30. The van der Waals surface area contributed by atoms with Crippen molar-refractivity contribution in [3.05, 3.63) is 12.7 Å². The highest BCUT2D eigenvalue weighted by Gasteiger charge is 2.09. The van der Waals surface area contributed by atoms with E-state index in [2.05, 4.69) is 32.3 Å². The number of hydrogen-bond acceptors (Lipinski definition) is 4. The fourth-order valence-electron chi connectivity index (χ4n) is 1.58. The SMILES string of the molecule is C=CCCCCN=C(C)CC(C)C.CO[Si](OC)OC. The molecule has 0 aromatic heterocycles. The summed E-state index contributed by atoms with van der Waals surface area (Å²) in [4.78, 5) is 4.52. The Kier molecular flexibility index (Phi) is 18.1. The molecule has 0 saturated heterocycles. The van der Waals surface area contributed by atoms with Gasteiger partial charge >= 0.3 is 9.53 Å². The van der Waals surface area contributed by atoms with E-state index in [1.807, 2.05) is 6.08 Å². The largest absolute Gasteiger partial charge is 0.576 e. The molecule has 20 heavy (non-hydrogen) atoms. The molecule has 0 heterocycles. The molecule has 0 amide bonds. The number of allylic oxidation sites excluding steroid dienone is 1. The van der Waals surface area contributed by atoms with Gasteiger partial charge in [-0.15, -0.1) is 6.58 Å². The summed E-state index contributed by atoms with van der Waals surface area (Å²) < 4.78 is 14.1. The Hall–Kier alpha value is -0.493. The van der Waals surface area contributed by atoms with Crippen LogP contribution in [0.2, 0.25) is 0 Å². The number of hydrogen-bond donors (Lipinski definition) is 0. The van der Waals surface area contributed by atoms with Gasteiger partial charge in [0.05, 0.1) is 0 Å². The highest BCUT2D eigenvalue weighted by molar-refractivity contribution is 6.36. The monoisotopic (exact) mass is 302 g/mol. The summed E-state index contributed by atoms with van der Waals surface area (Å²) in [6.07, 6.45) is 6.66. The maximum absolute atomic E-state index is 4.71. The Labute approximate surface area is 127 Å². The van der Waals surface area contributed by atoms with Gasteiger partial charge in [-0.05, 0) is 38.5 Å². The Balaban J connectivity index is 0. The van der Waals surface area contributed by atoms with Gasteiger partial charge in [0.2, 0.25) is 0 Å². The normalized spacial score (nSPS) is 11.5. The van der Waals surface area contributed by atoms with Gasteiger partial charge < -0.3 is 13.3 Å². The predicted octanol–water partition coefficient (Wildman–Crippen LogP) is 3.76. The van der Waals surface area contributed by atoms with Gasteiger partial charge in [0.25, 0.3) is 0 Å².